The summed E-state index contributed by atoms with van der Waals surface area (Å²) in [5.41, 5.74) is 1.16. The summed E-state index contributed by atoms with van der Waals surface area (Å²) < 4.78 is 37.4. The van der Waals surface area contributed by atoms with Gasteiger partial charge >= 0.3 is 0 Å². The van der Waals surface area contributed by atoms with E-state index >= 15 is 0 Å². The molecule has 0 amide bonds. The maximum absolute atomic E-state index is 12.7. The average molecular weight is 418 g/mol. The van der Waals surface area contributed by atoms with Crippen LogP contribution < -0.4 is 4.72 Å². The van der Waals surface area contributed by atoms with E-state index in [-0.39, 0.29) is 15.0 Å². The second kappa shape index (κ2) is 6.60. The molecule has 2 aromatic heterocycles. The SMILES string of the molecule is Cc1cc(-c2nsc(NS(=O)(=O)c3c(C)cc(Cl)cc3Cl)n2)c(C)o1. The van der Waals surface area contributed by atoms with Crippen molar-refractivity contribution in [2.75, 3.05) is 4.72 Å². The molecule has 0 fully saturated rings. The lowest BCUT2D eigenvalue weighted by molar-refractivity contribution is 0.505. The van der Waals surface area contributed by atoms with E-state index in [1.165, 1.54) is 12.1 Å². The summed E-state index contributed by atoms with van der Waals surface area (Å²) in [4.78, 5) is 4.19. The average Bonchev–Trinajstić information content (AvgIpc) is 3.02. The molecule has 0 bridgehead atoms. The summed E-state index contributed by atoms with van der Waals surface area (Å²) >= 11 is 12.9. The molecule has 0 aliphatic rings. The molecule has 3 aromatic rings. The highest BCUT2D eigenvalue weighted by Crippen LogP contribution is 2.32. The van der Waals surface area contributed by atoms with Gasteiger partial charge in [-0.1, -0.05) is 23.2 Å². The van der Waals surface area contributed by atoms with Crippen molar-refractivity contribution in [3.05, 3.63) is 45.3 Å². The first-order valence-corrected chi connectivity index (χ1v) is 10.1. The van der Waals surface area contributed by atoms with Crippen molar-refractivity contribution in [3.63, 3.8) is 0 Å². The third-order valence-electron chi connectivity index (χ3n) is 3.39. The minimum Gasteiger partial charge on any atom is -0.466 e. The summed E-state index contributed by atoms with van der Waals surface area (Å²) in [6.07, 6.45) is 0. The second-order valence-electron chi connectivity index (χ2n) is 5.39. The van der Waals surface area contributed by atoms with Gasteiger partial charge in [0.05, 0.1) is 10.6 Å². The molecule has 2 heterocycles. The zero-order chi connectivity index (χ0) is 18.4. The highest BCUT2D eigenvalue weighted by molar-refractivity contribution is 7.93. The Morgan fingerprint density at radius 1 is 1.16 bits per heavy atom. The largest absolute Gasteiger partial charge is 0.466 e. The first-order valence-electron chi connectivity index (χ1n) is 7.07. The predicted octanol–water partition coefficient (Wildman–Crippen LogP) is 4.83. The lowest BCUT2D eigenvalue weighted by Gasteiger charge is -2.10. The smallest absolute Gasteiger partial charge is 0.265 e. The molecular weight excluding hydrogens is 405 g/mol. The number of nitrogens with one attached hydrogen (secondary N) is 1. The predicted molar refractivity (Wildman–Crippen MR) is 99.1 cm³/mol. The van der Waals surface area contributed by atoms with Crippen LogP contribution in [0.25, 0.3) is 11.4 Å². The zero-order valence-corrected chi connectivity index (χ0v) is 16.6. The van der Waals surface area contributed by atoms with Crippen molar-refractivity contribution in [2.24, 2.45) is 0 Å². The third-order valence-corrected chi connectivity index (χ3v) is 6.32. The lowest BCUT2D eigenvalue weighted by atomic mass is 10.2. The molecule has 0 atom stereocenters. The fourth-order valence-electron chi connectivity index (χ4n) is 2.42. The molecule has 0 saturated carbocycles. The number of aryl methyl sites for hydroxylation is 3. The highest BCUT2D eigenvalue weighted by Gasteiger charge is 2.23. The lowest BCUT2D eigenvalue weighted by Crippen LogP contribution is -2.14. The Hall–Kier alpha value is -1.61. The van der Waals surface area contributed by atoms with E-state index in [0.717, 1.165) is 22.9 Å². The molecule has 10 heteroatoms. The molecule has 3 rings (SSSR count). The van der Waals surface area contributed by atoms with Crippen LogP contribution in [0.15, 0.2) is 27.5 Å². The number of furan rings is 1. The van der Waals surface area contributed by atoms with Gasteiger partial charge in [0.25, 0.3) is 10.0 Å². The first kappa shape index (κ1) is 18.2. The van der Waals surface area contributed by atoms with E-state index in [1.807, 2.05) is 6.92 Å². The fourth-order valence-corrected chi connectivity index (χ4v) is 5.42. The molecule has 1 N–H and O–H groups in total. The normalized spacial score (nSPS) is 11.7. The Morgan fingerprint density at radius 2 is 1.88 bits per heavy atom. The molecule has 0 radical (unpaired) electrons. The van der Waals surface area contributed by atoms with Crippen LogP contribution >= 0.6 is 34.7 Å². The van der Waals surface area contributed by atoms with Crippen LogP contribution in [0.5, 0.6) is 0 Å². The maximum Gasteiger partial charge on any atom is 0.265 e. The van der Waals surface area contributed by atoms with Gasteiger partial charge in [0.1, 0.15) is 16.4 Å². The number of benzene rings is 1. The number of sulfonamides is 1. The van der Waals surface area contributed by atoms with Gasteiger partial charge in [0.2, 0.25) is 5.13 Å². The topological polar surface area (TPSA) is 85.1 Å². The number of anilines is 1. The molecule has 6 nitrogen and oxygen atoms in total. The van der Waals surface area contributed by atoms with Crippen LogP contribution in [0.4, 0.5) is 5.13 Å². The van der Waals surface area contributed by atoms with Crippen LogP contribution in [0.3, 0.4) is 0 Å². The van der Waals surface area contributed by atoms with E-state index in [4.69, 9.17) is 27.6 Å². The Bertz CT molecular complexity index is 1030. The summed E-state index contributed by atoms with van der Waals surface area (Å²) in [7, 11) is -3.92. The Morgan fingerprint density at radius 3 is 2.48 bits per heavy atom. The van der Waals surface area contributed by atoms with Crippen LogP contribution in [-0.2, 0) is 10.0 Å². The molecule has 0 aliphatic heterocycles. The van der Waals surface area contributed by atoms with E-state index < -0.39 is 10.0 Å². The van der Waals surface area contributed by atoms with Crippen molar-refractivity contribution in [3.8, 4) is 11.4 Å². The van der Waals surface area contributed by atoms with Gasteiger partial charge in [-0.05, 0) is 44.5 Å². The number of aromatic nitrogens is 2. The van der Waals surface area contributed by atoms with Gasteiger partial charge in [0.15, 0.2) is 5.82 Å². The summed E-state index contributed by atoms with van der Waals surface area (Å²) in [5, 5.41) is 0.549. The number of rotatable bonds is 4. The molecule has 0 saturated heterocycles. The van der Waals surface area contributed by atoms with Crippen molar-refractivity contribution in [2.45, 2.75) is 25.7 Å². The number of halogens is 2. The summed E-state index contributed by atoms with van der Waals surface area (Å²) in [6, 6.07) is 4.72. The van der Waals surface area contributed by atoms with Gasteiger partial charge in [-0.15, -0.1) is 0 Å². The molecule has 0 spiro atoms. The third kappa shape index (κ3) is 3.67. The number of nitrogens with zero attached hydrogens (tertiary/aromatic N) is 2. The van der Waals surface area contributed by atoms with Gasteiger partial charge in [-0.3, -0.25) is 4.72 Å². The van der Waals surface area contributed by atoms with E-state index in [2.05, 4.69) is 14.1 Å². The minimum absolute atomic E-state index is 0.0364. The Labute approximate surface area is 159 Å². The van der Waals surface area contributed by atoms with Crippen molar-refractivity contribution in [1.29, 1.82) is 0 Å². The Kier molecular flexibility index (Phi) is 4.80. The van der Waals surface area contributed by atoms with E-state index in [0.29, 0.717) is 22.2 Å². The zero-order valence-electron chi connectivity index (χ0n) is 13.4. The van der Waals surface area contributed by atoms with Crippen molar-refractivity contribution >= 4 is 49.9 Å². The monoisotopic (exact) mass is 417 g/mol. The highest BCUT2D eigenvalue weighted by atomic mass is 35.5. The maximum atomic E-state index is 12.7. The fraction of sp³-hybridized carbons (Fsp3) is 0.200. The molecule has 1 aromatic carbocycles. The summed E-state index contributed by atoms with van der Waals surface area (Å²) in [5.74, 6) is 1.80. The van der Waals surface area contributed by atoms with Crippen LogP contribution in [-0.4, -0.2) is 17.8 Å². The van der Waals surface area contributed by atoms with Gasteiger partial charge < -0.3 is 4.42 Å². The standard InChI is InChI=1S/C15H13Cl2N3O3S2/c1-7-4-10(16)6-12(17)13(7)25(21,22)20-15-18-14(19-24-15)11-5-8(2)23-9(11)3/h4-6H,1-3H3,(H,18,19,20). The molecule has 0 aliphatic carbocycles. The quantitative estimate of drug-likeness (QED) is 0.656. The van der Waals surface area contributed by atoms with Crippen LogP contribution in [0, 0.1) is 20.8 Å². The van der Waals surface area contributed by atoms with Crippen molar-refractivity contribution < 1.29 is 12.8 Å². The number of hydrogen-bond acceptors (Lipinski definition) is 6. The van der Waals surface area contributed by atoms with E-state index in [1.54, 1.807) is 19.9 Å². The van der Waals surface area contributed by atoms with Crippen molar-refractivity contribution in [1.82, 2.24) is 9.36 Å². The van der Waals surface area contributed by atoms with Crippen LogP contribution in [0.1, 0.15) is 17.1 Å². The minimum atomic E-state index is -3.92. The summed E-state index contributed by atoms with van der Waals surface area (Å²) in [6.45, 7) is 5.23. The molecule has 132 valence electrons. The van der Waals surface area contributed by atoms with Gasteiger partial charge in [-0.25, -0.2) is 8.42 Å². The first-order chi connectivity index (χ1) is 11.7. The van der Waals surface area contributed by atoms with Gasteiger partial charge in [0, 0.05) is 16.6 Å². The molecule has 0 unspecified atom stereocenters. The number of hydrogen-bond donors (Lipinski definition) is 1. The molecule has 25 heavy (non-hydrogen) atoms. The Balaban J connectivity index is 1.94. The second-order valence-corrected chi connectivity index (χ2v) is 8.60. The van der Waals surface area contributed by atoms with Gasteiger partial charge in [-0.2, -0.15) is 9.36 Å². The van der Waals surface area contributed by atoms with E-state index in [9.17, 15) is 8.42 Å². The molecular formula is C15H13Cl2N3O3S2. The van der Waals surface area contributed by atoms with Crippen LogP contribution in [0.2, 0.25) is 10.0 Å².